The van der Waals surface area contributed by atoms with E-state index in [1.165, 1.54) is 4.90 Å². The number of ketones is 1. The Balaban J connectivity index is 1.94. The zero-order valence-electron chi connectivity index (χ0n) is 11.9. The first-order valence-electron chi connectivity index (χ1n) is 7.26. The number of amides is 1. The van der Waals surface area contributed by atoms with Crippen LogP contribution in [0.2, 0.25) is 0 Å². The highest BCUT2D eigenvalue weighted by Gasteiger charge is 2.36. The van der Waals surface area contributed by atoms with Gasteiger partial charge in [-0.15, -0.1) is 0 Å². The maximum absolute atomic E-state index is 12.6. The molecule has 0 bridgehead atoms. The van der Waals surface area contributed by atoms with E-state index in [-0.39, 0.29) is 24.3 Å². The van der Waals surface area contributed by atoms with E-state index >= 15 is 0 Å². The van der Waals surface area contributed by atoms with Crippen LogP contribution in [0.25, 0.3) is 0 Å². The number of aromatic amines is 1. The molecule has 21 heavy (non-hydrogen) atoms. The van der Waals surface area contributed by atoms with Crippen molar-refractivity contribution >= 4 is 17.7 Å². The molecule has 3 rings (SSSR count). The van der Waals surface area contributed by atoms with Crippen LogP contribution >= 0.6 is 0 Å². The minimum atomic E-state index is -1.01. The first-order chi connectivity index (χ1) is 9.99. The lowest BCUT2D eigenvalue weighted by atomic mass is 9.94. The number of aliphatic carboxylic acids is 1. The number of carboxylic acids is 1. The molecule has 0 unspecified atom stereocenters. The van der Waals surface area contributed by atoms with Crippen molar-refractivity contribution in [1.29, 1.82) is 0 Å². The van der Waals surface area contributed by atoms with Crippen LogP contribution in [0.4, 0.5) is 0 Å². The molecule has 1 saturated carbocycles. The maximum Gasteiger partial charge on any atom is 0.323 e. The van der Waals surface area contributed by atoms with E-state index in [4.69, 9.17) is 5.11 Å². The smallest absolute Gasteiger partial charge is 0.323 e. The molecule has 0 atom stereocenters. The molecule has 6 nitrogen and oxygen atoms in total. The van der Waals surface area contributed by atoms with Crippen LogP contribution in [0.15, 0.2) is 0 Å². The van der Waals surface area contributed by atoms with Crippen LogP contribution in [0.5, 0.6) is 0 Å². The van der Waals surface area contributed by atoms with Gasteiger partial charge in [-0.1, -0.05) is 0 Å². The number of aromatic nitrogens is 1. The van der Waals surface area contributed by atoms with E-state index in [1.54, 1.807) is 6.92 Å². The summed E-state index contributed by atoms with van der Waals surface area (Å²) in [5, 5.41) is 8.97. The fourth-order valence-corrected chi connectivity index (χ4v) is 3.03. The highest BCUT2D eigenvalue weighted by molar-refractivity contribution is 6.04. The molecule has 0 spiro atoms. The molecule has 2 aliphatic carbocycles. The molecule has 2 aliphatic rings. The van der Waals surface area contributed by atoms with Crippen molar-refractivity contribution < 1.29 is 19.5 Å². The summed E-state index contributed by atoms with van der Waals surface area (Å²) < 4.78 is 0. The number of carboxylic acid groups (broad SMARTS) is 1. The summed E-state index contributed by atoms with van der Waals surface area (Å²) in [4.78, 5) is 40.0. The van der Waals surface area contributed by atoms with Crippen LogP contribution < -0.4 is 0 Å². The molecule has 0 saturated heterocycles. The number of carbonyl (C=O) groups excluding carboxylic acids is 2. The highest BCUT2D eigenvalue weighted by Crippen LogP contribution is 2.31. The number of nitrogens with zero attached hydrogens (tertiary/aromatic N) is 1. The second-order valence-electron chi connectivity index (χ2n) is 5.81. The standard InChI is InChI=1S/C15H18N2O4/c1-8-13-10(3-2-4-11(13)18)16-14(8)15(21)17(7-12(19)20)9-5-6-9/h9,16H,2-7H2,1H3,(H,19,20). The lowest BCUT2D eigenvalue weighted by Gasteiger charge is -2.19. The topological polar surface area (TPSA) is 90.5 Å². The summed E-state index contributed by atoms with van der Waals surface area (Å²) in [6.45, 7) is 1.47. The highest BCUT2D eigenvalue weighted by atomic mass is 16.4. The summed E-state index contributed by atoms with van der Waals surface area (Å²) in [6.07, 6.45) is 3.76. The number of Topliss-reactive ketones (excluding diaryl/α,β-unsaturated/α-hetero) is 1. The molecule has 0 aromatic carbocycles. The average Bonchev–Trinajstić information content (AvgIpc) is 3.20. The van der Waals surface area contributed by atoms with Gasteiger partial charge in [-0.3, -0.25) is 14.4 Å². The third-order valence-electron chi connectivity index (χ3n) is 4.21. The summed E-state index contributed by atoms with van der Waals surface area (Å²) in [6, 6.07) is 0.0176. The van der Waals surface area contributed by atoms with E-state index in [9.17, 15) is 14.4 Å². The van der Waals surface area contributed by atoms with Gasteiger partial charge in [-0.05, 0) is 38.2 Å². The third kappa shape index (κ3) is 2.46. The fourth-order valence-electron chi connectivity index (χ4n) is 3.03. The van der Waals surface area contributed by atoms with E-state index in [0.717, 1.165) is 31.4 Å². The maximum atomic E-state index is 12.6. The van der Waals surface area contributed by atoms with Gasteiger partial charge in [-0.2, -0.15) is 0 Å². The van der Waals surface area contributed by atoms with Crippen molar-refractivity contribution in [2.24, 2.45) is 0 Å². The van der Waals surface area contributed by atoms with Crippen molar-refractivity contribution in [3.05, 3.63) is 22.5 Å². The van der Waals surface area contributed by atoms with Crippen LogP contribution in [0.1, 0.15) is 57.8 Å². The monoisotopic (exact) mass is 290 g/mol. The van der Waals surface area contributed by atoms with Crippen molar-refractivity contribution in [1.82, 2.24) is 9.88 Å². The van der Waals surface area contributed by atoms with E-state index in [2.05, 4.69) is 4.98 Å². The van der Waals surface area contributed by atoms with Gasteiger partial charge in [0.25, 0.3) is 5.91 Å². The number of carbonyl (C=O) groups is 3. The molecule has 0 aliphatic heterocycles. The van der Waals surface area contributed by atoms with Gasteiger partial charge in [0.15, 0.2) is 5.78 Å². The Morgan fingerprint density at radius 2 is 2.05 bits per heavy atom. The first kappa shape index (κ1) is 13.9. The number of H-pyrrole nitrogens is 1. The zero-order chi connectivity index (χ0) is 15.1. The summed E-state index contributed by atoms with van der Waals surface area (Å²) >= 11 is 0. The van der Waals surface area contributed by atoms with Crippen LogP contribution in [0, 0.1) is 6.92 Å². The quantitative estimate of drug-likeness (QED) is 0.880. The minimum Gasteiger partial charge on any atom is -0.480 e. The lowest BCUT2D eigenvalue weighted by Crippen LogP contribution is -2.38. The van der Waals surface area contributed by atoms with E-state index in [0.29, 0.717) is 23.2 Å². The molecule has 112 valence electrons. The minimum absolute atomic E-state index is 0.0176. The summed E-state index contributed by atoms with van der Waals surface area (Å²) in [5.74, 6) is -1.25. The molecular weight excluding hydrogens is 272 g/mol. The Labute approximate surface area is 122 Å². The second-order valence-corrected chi connectivity index (χ2v) is 5.81. The Morgan fingerprint density at radius 3 is 2.62 bits per heavy atom. The Morgan fingerprint density at radius 1 is 1.33 bits per heavy atom. The number of hydrogen-bond acceptors (Lipinski definition) is 3. The molecule has 1 heterocycles. The number of aryl methyl sites for hydroxylation is 1. The van der Waals surface area contributed by atoms with Crippen molar-refractivity contribution in [2.45, 2.75) is 45.1 Å². The zero-order valence-corrected chi connectivity index (χ0v) is 11.9. The average molecular weight is 290 g/mol. The van der Waals surface area contributed by atoms with Crippen molar-refractivity contribution in [2.75, 3.05) is 6.54 Å². The Hall–Kier alpha value is -2.11. The summed E-state index contributed by atoms with van der Waals surface area (Å²) in [7, 11) is 0. The number of hydrogen-bond donors (Lipinski definition) is 2. The van der Waals surface area contributed by atoms with Crippen LogP contribution in [0.3, 0.4) is 0 Å². The van der Waals surface area contributed by atoms with E-state index < -0.39 is 5.97 Å². The van der Waals surface area contributed by atoms with E-state index in [1.807, 2.05) is 0 Å². The lowest BCUT2D eigenvalue weighted by molar-refractivity contribution is -0.137. The van der Waals surface area contributed by atoms with Crippen molar-refractivity contribution in [3.8, 4) is 0 Å². The molecule has 1 aromatic rings. The van der Waals surface area contributed by atoms with Gasteiger partial charge in [0, 0.05) is 23.7 Å². The normalized spacial score (nSPS) is 17.5. The molecule has 6 heteroatoms. The van der Waals surface area contributed by atoms with Crippen LogP contribution in [-0.2, 0) is 11.2 Å². The second kappa shape index (κ2) is 5.02. The molecule has 1 fully saturated rings. The first-order valence-corrected chi connectivity index (χ1v) is 7.26. The molecule has 0 radical (unpaired) electrons. The SMILES string of the molecule is Cc1c(C(=O)N(CC(=O)O)C2CC2)[nH]c2c1C(=O)CCC2. The van der Waals surface area contributed by atoms with Gasteiger partial charge in [0.1, 0.15) is 12.2 Å². The fraction of sp³-hybridized carbons (Fsp3) is 0.533. The van der Waals surface area contributed by atoms with Gasteiger partial charge in [-0.25, -0.2) is 0 Å². The van der Waals surface area contributed by atoms with Gasteiger partial charge >= 0.3 is 5.97 Å². The molecule has 2 N–H and O–H groups in total. The summed E-state index contributed by atoms with van der Waals surface area (Å²) in [5.41, 5.74) is 2.49. The number of fused-ring (bicyclic) bond motifs is 1. The predicted molar refractivity (Wildman–Crippen MR) is 74.5 cm³/mol. The number of rotatable bonds is 4. The van der Waals surface area contributed by atoms with Gasteiger partial charge in [0.2, 0.25) is 0 Å². The Bertz CT molecular complexity index is 628. The molecular formula is C15H18N2O4. The molecule has 1 aromatic heterocycles. The molecule has 1 amide bonds. The predicted octanol–water partition coefficient (Wildman–Crippen LogP) is 1.53. The van der Waals surface area contributed by atoms with Crippen LogP contribution in [-0.4, -0.2) is 45.2 Å². The van der Waals surface area contributed by atoms with Gasteiger partial charge < -0.3 is 15.0 Å². The Kier molecular flexibility index (Phi) is 3.31. The van der Waals surface area contributed by atoms with Gasteiger partial charge in [0.05, 0.1) is 0 Å². The largest absolute Gasteiger partial charge is 0.480 e. The number of nitrogens with one attached hydrogen (secondary N) is 1. The van der Waals surface area contributed by atoms with Crippen molar-refractivity contribution in [3.63, 3.8) is 0 Å². The third-order valence-corrected chi connectivity index (χ3v) is 4.21.